The lowest BCUT2D eigenvalue weighted by Crippen LogP contribution is -2.15. The molecule has 0 spiro atoms. The molecule has 0 aliphatic carbocycles. The summed E-state index contributed by atoms with van der Waals surface area (Å²) < 4.78 is 40.7. The Labute approximate surface area is 128 Å². The number of anilines is 1. The minimum atomic E-state index is -4.01. The van der Waals surface area contributed by atoms with Crippen LogP contribution in [0.4, 0.5) is 10.1 Å². The largest absolute Gasteiger partial charge is 0.316 e. The van der Waals surface area contributed by atoms with Gasteiger partial charge in [-0.15, -0.1) is 0 Å². The summed E-state index contributed by atoms with van der Waals surface area (Å²) in [6.45, 7) is 0.444. The summed E-state index contributed by atoms with van der Waals surface area (Å²) in [6.07, 6.45) is 0. The Morgan fingerprint density at radius 1 is 1.19 bits per heavy atom. The maximum absolute atomic E-state index is 13.8. The highest BCUT2D eigenvalue weighted by molar-refractivity contribution is 7.92. The van der Waals surface area contributed by atoms with E-state index in [9.17, 15) is 12.8 Å². The van der Waals surface area contributed by atoms with E-state index in [0.717, 1.165) is 6.07 Å². The predicted molar refractivity (Wildman–Crippen MR) is 81.4 cm³/mol. The van der Waals surface area contributed by atoms with Gasteiger partial charge < -0.3 is 5.32 Å². The van der Waals surface area contributed by atoms with Gasteiger partial charge in [-0.1, -0.05) is 23.7 Å². The van der Waals surface area contributed by atoms with Crippen molar-refractivity contribution in [3.63, 3.8) is 0 Å². The van der Waals surface area contributed by atoms with Crippen LogP contribution in [0.3, 0.4) is 0 Å². The standard InChI is InChI=1S/C14H14ClFN2O2S/c1-17-9-10-5-6-13(16)14(7-10)21(19,20)18-12-4-2-3-11(15)8-12/h2-8,17-18H,9H2,1H3. The number of hydrogen-bond donors (Lipinski definition) is 2. The molecule has 112 valence electrons. The van der Waals surface area contributed by atoms with Crippen molar-refractivity contribution in [1.82, 2.24) is 5.32 Å². The van der Waals surface area contributed by atoms with Crippen LogP contribution < -0.4 is 10.0 Å². The van der Waals surface area contributed by atoms with Crippen LogP contribution in [0, 0.1) is 5.82 Å². The summed E-state index contributed by atoms with van der Waals surface area (Å²) in [5, 5.41) is 3.27. The third-order valence-corrected chi connectivity index (χ3v) is 4.37. The molecule has 0 aromatic heterocycles. The molecule has 0 aliphatic heterocycles. The lowest BCUT2D eigenvalue weighted by molar-refractivity contribution is 0.569. The highest BCUT2D eigenvalue weighted by Crippen LogP contribution is 2.22. The second kappa shape index (κ2) is 6.43. The SMILES string of the molecule is CNCc1ccc(F)c(S(=O)(=O)Nc2cccc(Cl)c2)c1. The second-order valence-electron chi connectivity index (χ2n) is 4.41. The normalized spacial score (nSPS) is 11.4. The van der Waals surface area contributed by atoms with Crippen LogP contribution >= 0.6 is 11.6 Å². The van der Waals surface area contributed by atoms with Gasteiger partial charge in [0.15, 0.2) is 0 Å². The Morgan fingerprint density at radius 3 is 2.62 bits per heavy atom. The van der Waals surface area contributed by atoms with E-state index in [0.29, 0.717) is 17.1 Å². The first-order valence-corrected chi connectivity index (χ1v) is 8.00. The highest BCUT2D eigenvalue weighted by Gasteiger charge is 2.19. The molecule has 0 atom stereocenters. The Bertz CT molecular complexity index is 750. The van der Waals surface area contributed by atoms with Gasteiger partial charge in [-0.05, 0) is 42.9 Å². The van der Waals surface area contributed by atoms with Gasteiger partial charge in [0.05, 0.1) is 5.69 Å². The number of nitrogens with one attached hydrogen (secondary N) is 2. The quantitative estimate of drug-likeness (QED) is 0.887. The van der Waals surface area contributed by atoms with E-state index in [-0.39, 0.29) is 5.69 Å². The number of hydrogen-bond acceptors (Lipinski definition) is 3. The monoisotopic (exact) mass is 328 g/mol. The van der Waals surface area contributed by atoms with Gasteiger partial charge in [-0.3, -0.25) is 4.72 Å². The molecule has 2 N–H and O–H groups in total. The summed E-state index contributed by atoms with van der Waals surface area (Å²) in [7, 11) is -2.29. The van der Waals surface area contributed by atoms with E-state index < -0.39 is 20.7 Å². The van der Waals surface area contributed by atoms with Crippen LogP contribution in [0.2, 0.25) is 5.02 Å². The first-order chi connectivity index (χ1) is 9.92. The lowest BCUT2D eigenvalue weighted by Gasteiger charge is -2.10. The van der Waals surface area contributed by atoms with Gasteiger partial charge in [0.2, 0.25) is 0 Å². The first kappa shape index (κ1) is 15.8. The van der Waals surface area contributed by atoms with Crippen molar-refractivity contribution in [2.24, 2.45) is 0 Å². The molecule has 2 aromatic rings. The fourth-order valence-electron chi connectivity index (χ4n) is 1.83. The third kappa shape index (κ3) is 3.93. The maximum atomic E-state index is 13.8. The van der Waals surface area contributed by atoms with Crippen LogP contribution in [0.1, 0.15) is 5.56 Å². The summed E-state index contributed by atoms with van der Waals surface area (Å²) in [6, 6.07) is 10.2. The number of halogens is 2. The molecule has 0 bridgehead atoms. The fraction of sp³-hybridized carbons (Fsp3) is 0.143. The zero-order valence-corrected chi connectivity index (χ0v) is 12.8. The minimum absolute atomic E-state index is 0.279. The Kier molecular flexibility index (Phi) is 4.82. The molecule has 0 heterocycles. The van der Waals surface area contributed by atoms with Gasteiger partial charge in [-0.2, -0.15) is 0 Å². The lowest BCUT2D eigenvalue weighted by atomic mass is 10.2. The predicted octanol–water partition coefficient (Wildman–Crippen LogP) is 3.00. The van der Waals surface area contributed by atoms with Crippen molar-refractivity contribution >= 4 is 27.3 Å². The average molecular weight is 329 g/mol. The van der Waals surface area contributed by atoms with E-state index in [1.807, 2.05) is 0 Å². The molecule has 0 aliphatic rings. The van der Waals surface area contributed by atoms with Crippen LogP contribution in [0.15, 0.2) is 47.4 Å². The van der Waals surface area contributed by atoms with Gasteiger partial charge in [0.1, 0.15) is 10.7 Å². The van der Waals surface area contributed by atoms with E-state index in [1.165, 1.54) is 18.2 Å². The van der Waals surface area contributed by atoms with Gasteiger partial charge in [-0.25, -0.2) is 12.8 Å². The molecule has 0 saturated heterocycles. The number of benzene rings is 2. The smallest absolute Gasteiger partial charge is 0.264 e. The van der Waals surface area contributed by atoms with E-state index in [2.05, 4.69) is 10.0 Å². The average Bonchev–Trinajstić information content (AvgIpc) is 2.40. The molecule has 0 radical (unpaired) electrons. The molecule has 0 saturated carbocycles. The molecule has 0 fully saturated rings. The number of sulfonamides is 1. The van der Waals surface area contributed by atoms with E-state index in [1.54, 1.807) is 25.2 Å². The molecule has 0 unspecified atom stereocenters. The van der Waals surface area contributed by atoms with Crippen LogP contribution in [0.5, 0.6) is 0 Å². The minimum Gasteiger partial charge on any atom is -0.316 e. The van der Waals surface area contributed by atoms with Crippen molar-refractivity contribution < 1.29 is 12.8 Å². The van der Waals surface area contributed by atoms with Crippen LogP contribution in [-0.4, -0.2) is 15.5 Å². The molecule has 2 rings (SSSR count). The number of rotatable bonds is 5. The Hall–Kier alpha value is -1.63. The fourth-order valence-corrected chi connectivity index (χ4v) is 3.20. The molecular weight excluding hydrogens is 315 g/mol. The summed E-state index contributed by atoms with van der Waals surface area (Å²) in [5.74, 6) is -0.801. The first-order valence-electron chi connectivity index (χ1n) is 6.14. The van der Waals surface area contributed by atoms with Crippen molar-refractivity contribution in [1.29, 1.82) is 0 Å². The second-order valence-corrected chi connectivity index (χ2v) is 6.50. The molecule has 21 heavy (non-hydrogen) atoms. The van der Waals surface area contributed by atoms with Gasteiger partial charge >= 0.3 is 0 Å². The van der Waals surface area contributed by atoms with Crippen molar-refractivity contribution in [2.45, 2.75) is 11.4 Å². The van der Waals surface area contributed by atoms with Gasteiger partial charge in [0.25, 0.3) is 10.0 Å². The highest BCUT2D eigenvalue weighted by atomic mass is 35.5. The van der Waals surface area contributed by atoms with E-state index in [4.69, 9.17) is 11.6 Å². The molecule has 0 amide bonds. The summed E-state index contributed by atoms with van der Waals surface area (Å²) in [4.78, 5) is -0.393. The van der Waals surface area contributed by atoms with Crippen LogP contribution in [0.25, 0.3) is 0 Å². The van der Waals surface area contributed by atoms with Crippen molar-refractivity contribution in [2.75, 3.05) is 11.8 Å². The zero-order chi connectivity index (χ0) is 15.5. The molecule has 4 nitrogen and oxygen atoms in total. The van der Waals surface area contributed by atoms with Crippen molar-refractivity contribution in [3.05, 3.63) is 58.9 Å². The van der Waals surface area contributed by atoms with Gasteiger partial charge in [0, 0.05) is 11.6 Å². The topological polar surface area (TPSA) is 58.2 Å². The molecule has 2 aromatic carbocycles. The van der Waals surface area contributed by atoms with Crippen LogP contribution in [-0.2, 0) is 16.6 Å². The summed E-state index contributed by atoms with van der Waals surface area (Å²) >= 11 is 5.80. The Morgan fingerprint density at radius 2 is 1.95 bits per heavy atom. The molecule has 7 heteroatoms. The Balaban J connectivity index is 2.37. The summed E-state index contributed by atoms with van der Waals surface area (Å²) in [5.41, 5.74) is 0.950. The maximum Gasteiger partial charge on any atom is 0.264 e. The third-order valence-electron chi connectivity index (χ3n) is 2.74. The van der Waals surface area contributed by atoms with E-state index >= 15 is 0 Å². The zero-order valence-electron chi connectivity index (χ0n) is 11.2. The molecular formula is C14H14ClFN2O2S. The van der Waals surface area contributed by atoms with Crippen molar-refractivity contribution in [3.8, 4) is 0 Å².